The molecular formula is C47H71N5O11S. The molecule has 1 aliphatic heterocycles. The zero-order chi connectivity index (χ0) is 47.5. The van der Waals surface area contributed by atoms with Crippen molar-refractivity contribution in [3.05, 3.63) is 45.9 Å². The number of piperidine rings is 1. The molecule has 1 aromatic heterocycles. The van der Waals surface area contributed by atoms with E-state index in [0.717, 1.165) is 42.7 Å². The van der Waals surface area contributed by atoms with Crippen LogP contribution in [0.5, 0.6) is 5.75 Å². The van der Waals surface area contributed by atoms with Crippen LogP contribution in [0, 0.1) is 23.7 Å². The number of nitrogens with one attached hydrogen (secondary N) is 2. The minimum absolute atomic E-state index is 0.00767. The second-order valence-corrected chi connectivity index (χ2v) is 18.2. The molecule has 0 saturated carbocycles. The maximum atomic E-state index is 14.9. The Kier molecular flexibility index (Phi) is 22.4. The van der Waals surface area contributed by atoms with E-state index in [-0.39, 0.29) is 86.6 Å². The number of phenols is 1. The molecule has 1 unspecified atom stereocenters. The molecule has 1 aromatic carbocycles. The highest BCUT2D eigenvalue weighted by molar-refractivity contribution is 7.09. The van der Waals surface area contributed by atoms with Crippen molar-refractivity contribution in [1.29, 1.82) is 0 Å². The van der Waals surface area contributed by atoms with Crippen LogP contribution in [-0.2, 0) is 49.4 Å². The van der Waals surface area contributed by atoms with Gasteiger partial charge in [-0.2, -0.15) is 0 Å². The van der Waals surface area contributed by atoms with Crippen molar-refractivity contribution < 1.29 is 52.9 Å². The molecule has 3 amide bonds. The number of benzene rings is 1. The predicted octanol–water partition coefficient (Wildman–Crippen LogP) is 6.15. The molecule has 7 atom stereocenters. The molecule has 1 fully saturated rings. The monoisotopic (exact) mass is 913 g/mol. The highest BCUT2D eigenvalue weighted by atomic mass is 32.1. The molecule has 2 heterocycles. The van der Waals surface area contributed by atoms with Crippen molar-refractivity contribution in [3.8, 4) is 5.75 Å². The maximum absolute atomic E-state index is 14.9. The van der Waals surface area contributed by atoms with E-state index < -0.39 is 59.7 Å². The first-order chi connectivity index (χ1) is 30.4. The third-order valence-electron chi connectivity index (χ3n) is 11.8. The molecular weight excluding hydrogens is 843 g/mol. The number of aromatic nitrogens is 1. The average Bonchev–Trinajstić information content (AvgIpc) is 3.75. The minimum atomic E-state index is -1.01. The van der Waals surface area contributed by atoms with Crippen LogP contribution in [0.1, 0.15) is 140 Å². The van der Waals surface area contributed by atoms with Crippen molar-refractivity contribution in [2.24, 2.45) is 23.7 Å². The number of hydrogen-bond donors (Lipinski definition) is 3. The van der Waals surface area contributed by atoms with Crippen molar-refractivity contribution in [3.63, 3.8) is 0 Å². The molecule has 2 aromatic rings. The molecule has 3 rings (SSSR count). The summed E-state index contributed by atoms with van der Waals surface area (Å²) in [5, 5.41) is 17.3. The van der Waals surface area contributed by atoms with Crippen LogP contribution in [0.15, 0.2) is 29.6 Å². The van der Waals surface area contributed by atoms with E-state index in [2.05, 4.69) is 20.5 Å². The molecule has 3 N–H and O–H groups in total. The second kappa shape index (κ2) is 26.8. The number of ketones is 1. The summed E-state index contributed by atoms with van der Waals surface area (Å²) in [4.78, 5) is 101. The van der Waals surface area contributed by atoms with E-state index in [4.69, 9.17) is 14.2 Å². The van der Waals surface area contributed by atoms with Crippen LogP contribution in [0.2, 0.25) is 0 Å². The third-order valence-corrected chi connectivity index (χ3v) is 12.8. The number of amides is 3. The number of esters is 3. The number of likely N-dealkylation sites (N-methyl/N-ethyl adjacent to an activating group) is 1. The van der Waals surface area contributed by atoms with Crippen LogP contribution in [0.25, 0.3) is 0 Å². The van der Waals surface area contributed by atoms with Gasteiger partial charge in [-0.25, -0.2) is 4.98 Å². The normalized spacial score (nSPS) is 16.9. The fraction of sp³-hybridized carbons (Fsp3) is 0.660. The maximum Gasteiger partial charge on any atom is 0.325 e. The summed E-state index contributed by atoms with van der Waals surface area (Å²) < 4.78 is 16.5. The molecule has 64 heavy (non-hydrogen) atoms. The first-order valence-corrected chi connectivity index (χ1v) is 23.6. The van der Waals surface area contributed by atoms with Gasteiger partial charge >= 0.3 is 17.9 Å². The fourth-order valence-electron chi connectivity index (χ4n) is 7.97. The van der Waals surface area contributed by atoms with Crippen molar-refractivity contribution in [2.45, 2.75) is 144 Å². The van der Waals surface area contributed by atoms with Gasteiger partial charge in [0.15, 0.2) is 18.6 Å². The number of carbonyl (C=O) groups is 7. The largest absolute Gasteiger partial charge is 0.508 e. The molecule has 356 valence electrons. The lowest BCUT2D eigenvalue weighted by atomic mass is 9.82. The summed E-state index contributed by atoms with van der Waals surface area (Å²) in [7, 11) is 1.94. The van der Waals surface area contributed by atoms with Gasteiger partial charge in [0.2, 0.25) is 11.8 Å². The molecule has 16 nitrogen and oxygen atoms in total. The fourth-order valence-corrected chi connectivity index (χ4v) is 8.81. The summed E-state index contributed by atoms with van der Waals surface area (Å²) in [6.07, 6.45) is 3.61. The topological polar surface area (TPSA) is 211 Å². The van der Waals surface area contributed by atoms with E-state index in [9.17, 15) is 38.7 Å². The Bertz CT molecular complexity index is 1850. The number of hydrogen-bond acceptors (Lipinski definition) is 14. The zero-order valence-electron chi connectivity index (χ0n) is 39.2. The Hall–Kier alpha value is -4.90. The van der Waals surface area contributed by atoms with Crippen molar-refractivity contribution >= 4 is 52.7 Å². The number of ether oxygens (including phenoxy) is 3. The first kappa shape index (κ1) is 53.4. The van der Waals surface area contributed by atoms with E-state index in [1.54, 1.807) is 31.4 Å². The van der Waals surface area contributed by atoms with Crippen molar-refractivity contribution in [1.82, 2.24) is 25.4 Å². The molecule has 0 bridgehead atoms. The Balaban J connectivity index is 1.94. The van der Waals surface area contributed by atoms with Gasteiger partial charge in [0.05, 0.1) is 12.6 Å². The average molecular weight is 914 g/mol. The Morgan fingerprint density at radius 2 is 1.67 bits per heavy atom. The van der Waals surface area contributed by atoms with Gasteiger partial charge in [-0.05, 0) is 82.2 Å². The second-order valence-electron chi connectivity index (χ2n) is 17.3. The van der Waals surface area contributed by atoms with Gasteiger partial charge in [0.1, 0.15) is 23.0 Å². The van der Waals surface area contributed by atoms with E-state index in [1.807, 2.05) is 41.7 Å². The van der Waals surface area contributed by atoms with Crippen LogP contribution in [-0.4, -0.2) is 113 Å². The first-order valence-electron chi connectivity index (χ1n) is 22.7. The Labute approximate surface area is 382 Å². The van der Waals surface area contributed by atoms with Gasteiger partial charge in [0.25, 0.3) is 5.91 Å². The van der Waals surface area contributed by atoms with Gasteiger partial charge < -0.3 is 34.9 Å². The lowest BCUT2D eigenvalue weighted by Gasteiger charge is -2.39. The number of phenolic OH excluding ortho intramolecular Hbond substituents is 1. The van der Waals surface area contributed by atoms with Gasteiger partial charge in [0, 0.05) is 55.5 Å². The SMILES string of the molecule is CCCC(=O)OCN(C(=O)[C@@H](CC(=O)[C@H]1CCCCN1C)C(C)CC)[C@H](C[C@@H](OC(C)=O)c1nc(C(=O)N[C@@H](Cc2ccc(O)cc2)C[C@H](C)C(=O)NCC(=O)OCC)cs1)C(C)C. The van der Waals surface area contributed by atoms with E-state index in [0.29, 0.717) is 24.3 Å². The number of thiazole rings is 1. The third kappa shape index (κ3) is 16.9. The van der Waals surface area contributed by atoms with Crippen molar-refractivity contribution in [2.75, 3.05) is 33.5 Å². The van der Waals surface area contributed by atoms with Gasteiger partial charge in [-0.15, -0.1) is 11.3 Å². The predicted molar refractivity (Wildman–Crippen MR) is 242 cm³/mol. The Morgan fingerprint density at radius 1 is 0.969 bits per heavy atom. The number of aromatic hydroxyl groups is 1. The number of rotatable bonds is 26. The number of carbonyl (C=O) groups excluding carboxylic acids is 7. The molecule has 0 aliphatic carbocycles. The summed E-state index contributed by atoms with van der Waals surface area (Å²) in [6.45, 7) is 14.6. The minimum Gasteiger partial charge on any atom is -0.508 e. The Morgan fingerprint density at radius 3 is 2.28 bits per heavy atom. The number of Topliss-reactive ketones (excluding diaryl/α,β-unsaturated/α-hetero) is 1. The molecule has 0 spiro atoms. The van der Waals surface area contributed by atoms with E-state index >= 15 is 0 Å². The number of nitrogens with zero attached hydrogens (tertiary/aromatic N) is 3. The van der Waals surface area contributed by atoms with Gasteiger partial charge in [-0.3, -0.25) is 38.5 Å². The molecule has 17 heteroatoms. The lowest BCUT2D eigenvalue weighted by molar-refractivity contribution is -0.161. The molecule has 1 saturated heterocycles. The molecule has 0 radical (unpaired) electrons. The van der Waals surface area contributed by atoms with E-state index in [1.165, 1.54) is 24.0 Å². The summed E-state index contributed by atoms with van der Waals surface area (Å²) in [5.41, 5.74) is 0.828. The summed E-state index contributed by atoms with van der Waals surface area (Å²) in [6, 6.07) is 4.97. The zero-order valence-corrected chi connectivity index (χ0v) is 40.0. The number of likely N-dealkylation sites (tertiary alicyclic amines) is 1. The summed E-state index contributed by atoms with van der Waals surface area (Å²) >= 11 is 1.11. The lowest BCUT2D eigenvalue weighted by Crippen LogP contribution is -2.50. The molecule has 1 aliphatic rings. The summed E-state index contributed by atoms with van der Waals surface area (Å²) in [5.74, 6) is -4.56. The quantitative estimate of drug-likeness (QED) is 0.0550. The van der Waals surface area contributed by atoms with Crippen LogP contribution in [0.3, 0.4) is 0 Å². The van der Waals surface area contributed by atoms with Crippen LogP contribution < -0.4 is 10.6 Å². The highest BCUT2D eigenvalue weighted by Crippen LogP contribution is 2.34. The highest BCUT2D eigenvalue weighted by Gasteiger charge is 2.39. The van der Waals surface area contributed by atoms with Crippen LogP contribution >= 0.6 is 11.3 Å². The smallest absolute Gasteiger partial charge is 0.325 e. The standard InChI is InChI=1S/C47H71N5O11S/c1-10-15-42(56)62-28-52(47(60)36(30(6)11-2)24-40(55)38-16-13-14-21-51(38)9)39(29(4)5)25-41(63-32(8)53)46-50-37(27-64-46)45(59)49-34(23-33-17-19-35(54)20-18-33)22-31(7)44(58)48-26-43(57)61-12-3/h17-20,27,29-31,34,36,38-39,41,54H,10-16,21-26,28H2,1-9H3,(H,48,58)(H,49,59)/t30?,31-,34+,36-,38+,39+,41+/m0/s1. The van der Waals surface area contributed by atoms with Gasteiger partial charge in [-0.1, -0.05) is 66.5 Å². The van der Waals surface area contributed by atoms with Crippen LogP contribution in [0.4, 0.5) is 0 Å².